The Balaban J connectivity index is 3.41. The molecule has 1 aromatic carbocycles. The van der Waals surface area contributed by atoms with Crippen molar-refractivity contribution in [1.82, 2.24) is 0 Å². The van der Waals surface area contributed by atoms with E-state index in [4.69, 9.17) is 10.2 Å². The molecule has 0 atom stereocenters. The average Bonchev–Trinajstić information content (AvgIpc) is 2.17. The minimum absolute atomic E-state index is 0.0377. The largest absolute Gasteiger partial charge is 0.478 e. The van der Waals surface area contributed by atoms with Gasteiger partial charge in [0.2, 0.25) is 0 Å². The number of hydrogen-bond donors (Lipinski definition) is 2. The number of halogens is 1. The van der Waals surface area contributed by atoms with Gasteiger partial charge in [0.25, 0.3) is 0 Å². The molecule has 4 nitrogen and oxygen atoms in total. The number of carbonyl (C=O) groups is 2. The Labute approximate surface area is 101 Å². The van der Waals surface area contributed by atoms with Gasteiger partial charge in [-0.25, -0.2) is 9.59 Å². The molecular formula is C11H11BrO4. The van der Waals surface area contributed by atoms with Crippen LogP contribution in [0.3, 0.4) is 0 Å². The first-order valence-electron chi connectivity index (χ1n) is 4.64. The molecule has 0 aromatic heterocycles. The highest BCUT2D eigenvalue weighted by molar-refractivity contribution is 9.09. The SMILES string of the molecule is Cc1c(C(=O)O)ccc(CCBr)c1C(=O)O. The predicted molar refractivity (Wildman–Crippen MR) is 62.6 cm³/mol. The molecule has 0 aliphatic carbocycles. The molecule has 0 amide bonds. The van der Waals surface area contributed by atoms with Crippen LogP contribution in [0.4, 0.5) is 0 Å². The normalized spacial score (nSPS) is 10.1. The molecule has 0 fully saturated rings. The molecule has 0 saturated heterocycles. The summed E-state index contributed by atoms with van der Waals surface area (Å²) in [5.74, 6) is -2.19. The third kappa shape index (κ3) is 2.41. The third-order valence-corrected chi connectivity index (χ3v) is 2.76. The van der Waals surface area contributed by atoms with Crippen LogP contribution in [0.1, 0.15) is 31.8 Å². The van der Waals surface area contributed by atoms with Crippen LogP contribution in [-0.2, 0) is 6.42 Å². The number of hydrogen-bond acceptors (Lipinski definition) is 2. The van der Waals surface area contributed by atoms with Crippen molar-refractivity contribution in [3.05, 3.63) is 34.4 Å². The number of rotatable bonds is 4. The van der Waals surface area contributed by atoms with Crippen LogP contribution in [0, 0.1) is 6.92 Å². The summed E-state index contributed by atoms with van der Waals surface area (Å²) >= 11 is 3.23. The quantitative estimate of drug-likeness (QED) is 0.833. The van der Waals surface area contributed by atoms with E-state index in [2.05, 4.69) is 15.9 Å². The van der Waals surface area contributed by atoms with E-state index in [-0.39, 0.29) is 11.1 Å². The number of aromatic carboxylic acids is 2. The van der Waals surface area contributed by atoms with Crippen LogP contribution < -0.4 is 0 Å². The third-order valence-electron chi connectivity index (χ3n) is 2.36. The van der Waals surface area contributed by atoms with Crippen molar-refractivity contribution in [2.75, 3.05) is 5.33 Å². The lowest BCUT2D eigenvalue weighted by Crippen LogP contribution is -2.11. The lowest BCUT2D eigenvalue weighted by Gasteiger charge is -2.10. The van der Waals surface area contributed by atoms with E-state index in [0.717, 1.165) is 0 Å². The smallest absolute Gasteiger partial charge is 0.336 e. The van der Waals surface area contributed by atoms with E-state index >= 15 is 0 Å². The van der Waals surface area contributed by atoms with Crippen molar-refractivity contribution in [3.63, 3.8) is 0 Å². The van der Waals surface area contributed by atoms with E-state index < -0.39 is 11.9 Å². The monoisotopic (exact) mass is 286 g/mol. The highest BCUT2D eigenvalue weighted by Crippen LogP contribution is 2.20. The van der Waals surface area contributed by atoms with Crippen molar-refractivity contribution >= 4 is 27.9 Å². The zero-order valence-electron chi connectivity index (χ0n) is 8.66. The van der Waals surface area contributed by atoms with Crippen LogP contribution >= 0.6 is 15.9 Å². The molecule has 0 heterocycles. The Bertz CT molecular complexity index is 440. The molecule has 0 radical (unpaired) electrons. The molecule has 86 valence electrons. The van der Waals surface area contributed by atoms with Crippen molar-refractivity contribution in [3.8, 4) is 0 Å². The number of aryl methyl sites for hydroxylation is 1. The maximum atomic E-state index is 11.1. The number of carboxylic acid groups (broad SMARTS) is 2. The van der Waals surface area contributed by atoms with Crippen LogP contribution in [-0.4, -0.2) is 27.5 Å². The predicted octanol–water partition coefficient (Wildman–Crippen LogP) is 2.33. The number of benzene rings is 1. The summed E-state index contributed by atoms with van der Waals surface area (Å²) in [5.41, 5.74) is 1.08. The van der Waals surface area contributed by atoms with Crippen molar-refractivity contribution in [2.24, 2.45) is 0 Å². The molecule has 0 bridgehead atoms. The molecule has 0 aliphatic heterocycles. The van der Waals surface area contributed by atoms with Crippen molar-refractivity contribution in [2.45, 2.75) is 13.3 Å². The summed E-state index contributed by atoms with van der Waals surface area (Å²) < 4.78 is 0. The summed E-state index contributed by atoms with van der Waals surface area (Å²) in [5, 5.41) is 18.6. The maximum absolute atomic E-state index is 11.1. The lowest BCUT2D eigenvalue weighted by atomic mass is 9.95. The first-order chi connectivity index (χ1) is 7.49. The molecule has 0 saturated carbocycles. The highest BCUT2D eigenvalue weighted by Gasteiger charge is 2.18. The molecular weight excluding hydrogens is 276 g/mol. The minimum Gasteiger partial charge on any atom is -0.478 e. The fraction of sp³-hybridized carbons (Fsp3) is 0.273. The Morgan fingerprint density at radius 1 is 1.25 bits per heavy atom. The van der Waals surface area contributed by atoms with Gasteiger partial charge in [-0.3, -0.25) is 0 Å². The number of alkyl halides is 1. The van der Waals surface area contributed by atoms with Gasteiger partial charge >= 0.3 is 11.9 Å². The molecule has 0 spiro atoms. The van der Waals surface area contributed by atoms with Crippen LogP contribution in [0.25, 0.3) is 0 Å². The van der Waals surface area contributed by atoms with E-state index in [1.54, 1.807) is 6.07 Å². The zero-order chi connectivity index (χ0) is 12.3. The number of carboxylic acids is 2. The molecule has 5 heteroatoms. The van der Waals surface area contributed by atoms with Crippen LogP contribution in [0.2, 0.25) is 0 Å². The molecule has 0 unspecified atom stereocenters. The molecule has 0 aliphatic rings. The van der Waals surface area contributed by atoms with Gasteiger partial charge in [-0.1, -0.05) is 22.0 Å². The lowest BCUT2D eigenvalue weighted by molar-refractivity contribution is 0.0695. The molecule has 1 rings (SSSR count). The fourth-order valence-electron chi connectivity index (χ4n) is 1.61. The summed E-state index contributed by atoms with van der Waals surface area (Å²) in [4.78, 5) is 21.9. The molecule has 16 heavy (non-hydrogen) atoms. The van der Waals surface area contributed by atoms with Crippen LogP contribution in [0.15, 0.2) is 12.1 Å². The second kappa shape index (κ2) is 5.12. The second-order valence-electron chi connectivity index (χ2n) is 3.32. The van der Waals surface area contributed by atoms with Gasteiger partial charge < -0.3 is 10.2 Å². The van der Waals surface area contributed by atoms with Gasteiger partial charge in [0.05, 0.1) is 11.1 Å². The van der Waals surface area contributed by atoms with Gasteiger partial charge in [0.15, 0.2) is 0 Å². The van der Waals surface area contributed by atoms with Gasteiger partial charge in [0, 0.05) is 5.33 Å². The first kappa shape index (κ1) is 12.7. The van der Waals surface area contributed by atoms with Crippen molar-refractivity contribution < 1.29 is 19.8 Å². The van der Waals surface area contributed by atoms with Crippen molar-refractivity contribution in [1.29, 1.82) is 0 Å². The van der Waals surface area contributed by atoms with E-state index in [9.17, 15) is 9.59 Å². The Morgan fingerprint density at radius 2 is 1.88 bits per heavy atom. The van der Waals surface area contributed by atoms with E-state index in [1.807, 2.05) is 0 Å². The van der Waals surface area contributed by atoms with Gasteiger partial charge in [-0.15, -0.1) is 0 Å². The summed E-state index contributed by atoms with van der Waals surface area (Å²) in [6.07, 6.45) is 0.558. The first-order valence-corrected chi connectivity index (χ1v) is 5.76. The van der Waals surface area contributed by atoms with Gasteiger partial charge in [-0.2, -0.15) is 0 Å². The molecule has 1 aromatic rings. The van der Waals surface area contributed by atoms with Gasteiger partial charge in [0.1, 0.15) is 0 Å². The molecule has 2 N–H and O–H groups in total. The highest BCUT2D eigenvalue weighted by atomic mass is 79.9. The van der Waals surface area contributed by atoms with Crippen LogP contribution in [0.5, 0.6) is 0 Å². The topological polar surface area (TPSA) is 74.6 Å². The average molecular weight is 287 g/mol. The Hall–Kier alpha value is -1.36. The second-order valence-corrected chi connectivity index (χ2v) is 4.11. The summed E-state index contributed by atoms with van der Waals surface area (Å²) in [6, 6.07) is 3.00. The Morgan fingerprint density at radius 3 is 2.31 bits per heavy atom. The van der Waals surface area contributed by atoms with E-state index in [0.29, 0.717) is 22.9 Å². The zero-order valence-corrected chi connectivity index (χ0v) is 10.2. The maximum Gasteiger partial charge on any atom is 0.336 e. The summed E-state index contributed by atoms with van der Waals surface area (Å²) in [7, 11) is 0. The Kier molecular flexibility index (Phi) is 4.06. The standard InChI is InChI=1S/C11H11BrO4/c1-6-8(10(13)14)3-2-7(4-5-12)9(6)11(15)16/h2-3H,4-5H2,1H3,(H,13,14)(H,15,16). The fourth-order valence-corrected chi connectivity index (χ4v) is 2.03. The van der Waals surface area contributed by atoms with Gasteiger partial charge in [-0.05, 0) is 30.5 Å². The summed E-state index contributed by atoms with van der Waals surface area (Å²) in [6.45, 7) is 1.52. The minimum atomic E-state index is -1.11. The van der Waals surface area contributed by atoms with E-state index in [1.165, 1.54) is 13.0 Å².